The average Bonchev–Trinajstić information content (AvgIpc) is 2.89. The van der Waals surface area contributed by atoms with Crippen LogP contribution < -0.4 is 4.90 Å². The molecule has 6 nitrogen and oxygen atoms in total. The van der Waals surface area contributed by atoms with Gasteiger partial charge in [0.05, 0.1) is 5.69 Å². The third-order valence-electron chi connectivity index (χ3n) is 4.73. The second-order valence-electron chi connectivity index (χ2n) is 6.57. The first-order valence-electron chi connectivity index (χ1n) is 8.43. The highest BCUT2D eigenvalue weighted by atomic mass is 35.5. The number of hydrogen-bond acceptors (Lipinski definition) is 5. The van der Waals surface area contributed by atoms with Crippen molar-refractivity contribution >= 4 is 28.6 Å². The Labute approximate surface area is 152 Å². The molecule has 1 fully saturated rings. The molecular formula is C18H21ClN6. The normalized spacial score (nSPS) is 15.9. The largest absolute Gasteiger partial charge is 0.352 e. The van der Waals surface area contributed by atoms with Gasteiger partial charge in [0.25, 0.3) is 0 Å². The van der Waals surface area contributed by atoms with E-state index in [-0.39, 0.29) is 0 Å². The highest BCUT2D eigenvalue weighted by Crippen LogP contribution is 2.31. The van der Waals surface area contributed by atoms with Gasteiger partial charge in [-0.3, -0.25) is 0 Å². The molecule has 3 aromatic rings. The van der Waals surface area contributed by atoms with Crippen LogP contribution in [0.4, 0.5) is 5.82 Å². The lowest BCUT2D eigenvalue weighted by molar-refractivity contribution is 0.312. The molecule has 25 heavy (non-hydrogen) atoms. The molecule has 1 aromatic carbocycles. The van der Waals surface area contributed by atoms with Gasteiger partial charge >= 0.3 is 0 Å². The Balaban J connectivity index is 1.90. The lowest BCUT2D eigenvalue weighted by Gasteiger charge is -2.34. The molecule has 0 spiro atoms. The maximum Gasteiger partial charge on any atom is 0.179 e. The van der Waals surface area contributed by atoms with E-state index in [1.165, 1.54) is 0 Å². The van der Waals surface area contributed by atoms with Crippen molar-refractivity contribution in [2.75, 3.05) is 38.1 Å². The molecule has 2 aromatic heterocycles. The number of aryl methyl sites for hydroxylation is 2. The van der Waals surface area contributed by atoms with Crippen molar-refractivity contribution in [2.45, 2.75) is 6.92 Å². The summed E-state index contributed by atoms with van der Waals surface area (Å²) in [5.74, 6) is 0.922. The zero-order valence-corrected chi connectivity index (χ0v) is 15.5. The van der Waals surface area contributed by atoms with E-state index in [1.54, 1.807) is 0 Å². The van der Waals surface area contributed by atoms with Gasteiger partial charge in [0, 0.05) is 43.8 Å². The number of likely N-dealkylation sites (N-methyl/N-ethyl adjacent to an activating group) is 1. The third kappa shape index (κ3) is 2.96. The van der Waals surface area contributed by atoms with Gasteiger partial charge in [-0.15, -0.1) is 0 Å². The van der Waals surface area contributed by atoms with Crippen molar-refractivity contribution < 1.29 is 0 Å². The van der Waals surface area contributed by atoms with E-state index in [0.717, 1.165) is 65.1 Å². The van der Waals surface area contributed by atoms with Gasteiger partial charge in [-0.1, -0.05) is 23.7 Å². The smallest absolute Gasteiger partial charge is 0.179 e. The fraction of sp³-hybridized carbons (Fsp3) is 0.389. The molecule has 1 aliphatic rings. The average molecular weight is 357 g/mol. The SMILES string of the molecule is Cc1nn(C)c2nc(N3CCN(C)CC3)c(-c3ccc(Cl)cc3)nc12. The first-order chi connectivity index (χ1) is 12.0. The molecule has 1 saturated heterocycles. The van der Waals surface area contributed by atoms with E-state index in [9.17, 15) is 0 Å². The van der Waals surface area contributed by atoms with Gasteiger partial charge in [-0.05, 0) is 26.1 Å². The molecule has 0 unspecified atom stereocenters. The Morgan fingerprint density at radius 2 is 1.64 bits per heavy atom. The van der Waals surface area contributed by atoms with Crippen molar-refractivity contribution in [1.82, 2.24) is 24.6 Å². The van der Waals surface area contributed by atoms with Crippen LogP contribution in [0.3, 0.4) is 0 Å². The van der Waals surface area contributed by atoms with Crippen molar-refractivity contribution in [3.63, 3.8) is 0 Å². The molecule has 0 aliphatic carbocycles. The molecule has 7 heteroatoms. The minimum atomic E-state index is 0.719. The topological polar surface area (TPSA) is 50.1 Å². The Morgan fingerprint density at radius 3 is 2.32 bits per heavy atom. The monoisotopic (exact) mass is 356 g/mol. The second kappa shape index (κ2) is 6.28. The van der Waals surface area contributed by atoms with Crippen LogP contribution in [0, 0.1) is 6.92 Å². The number of fused-ring (bicyclic) bond motifs is 1. The van der Waals surface area contributed by atoms with Crippen molar-refractivity contribution in [3.05, 3.63) is 35.0 Å². The summed E-state index contributed by atoms with van der Waals surface area (Å²) in [6.45, 7) is 5.88. The van der Waals surface area contributed by atoms with Crippen LogP contribution >= 0.6 is 11.6 Å². The van der Waals surface area contributed by atoms with Gasteiger partial charge in [0.2, 0.25) is 0 Å². The highest BCUT2D eigenvalue weighted by molar-refractivity contribution is 6.30. The van der Waals surface area contributed by atoms with E-state index in [2.05, 4.69) is 21.9 Å². The summed E-state index contributed by atoms with van der Waals surface area (Å²) in [5, 5.41) is 5.20. The molecule has 0 amide bonds. The number of halogens is 1. The first-order valence-corrected chi connectivity index (χ1v) is 8.81. The van der Waals surface area contributed by atoms with Crippen LogP contribution in [0.5, 0.6) is 0 Å². The lowest BCUT2D eigenvalue weighted by Crippen LogP contribution is -2.45. The summed E-state index contributed by atoms with van der Waals surface area (Å²) in [7, 11) is 4.07. The molecule has 4 rings (SSSR count). The molecule has 0 saturated carbocycles. The number of anilines is 1. The Morgan fingerprint density at radius 1 is 0.960 bits per heavy atom. The summed E-state index contributed by atoms with van der Waals surface area (Å²) in [5.41, 5.74) is 4.49. The van der Waals surface area contributed by atoms with Crippen LogP contribution in [0.1, 0.15) is 5.69 Å². The summed E-state index contributed by atoms with van der Waals surface area (Å²) >= 11 is 6.06. The van der Waals surface area contributed by atoms with Crippen LogP contribution in [-0.2, 0) is 7.05 Å². The summed E-state index contributed by atoms with van der Waals surface area (Å²) < 4.78 is 1.81. The van der Waals surface area contributed by atoms with Crippen LogP contribution in [-0.4, -0.2) is 57.9 Å². The van der Waals surface area contributed by atoms with Crippen molar-refractivity contribution in [1.29, 1.82) is 0 Å². The zero-order valence-electron chi connectivity index (χ0n) is 14.7. The molecule has 0 N–H and O–H groups in total. The Hall–Kier alpha value is -2.18. The minimum absolute atomic E-state index is 0.719. The molecule has 0 atom stereocenters. The summed E-state index contributed by atoms with van der Waals surface area (Å²) in [6, 6.07) is 7.80. The molecule has 0 radical (unpaired) electrons. The summed E-state index contributed by atoms with van der Waals surface area (Å²) in [6.07, 6.45) is 0. The first kappa shape index (κ1) is 16.3. The minimum Gasteiger partial charge on any atom is -0.352 e. The quantitative estimate of drug-likeness (QED) is 0.706. The highest BCUT2D eigenvalue weighted by Gasteiger charge is 2.22. The fourth-order valence-corrected chi connectivity index (χ4v) is 3.37. The summed E-state index contributed by atoms with van der Waals surface area (Å²) in [4.78, 5) is 14.6. The maximum absolute atomic E-state index is 6.06. The fourth-order valence-electron chi connectivity index (χ4n) is 3.25. The number of hydrogen-bond donors (Lipinski definition) is 0. The molecule has 0 bridgehead atoms. The standard InChI is InChI=1S/C18H21ClN6/c1-12-15-17(24(3)22-12)21-18(25-10-8-23(2)9-11-25)16(20-15)13-4-6-14(19)7-5-13/h4-7H,8-11H2,1-3H3. The van der Waals surface area contributed by atoms with Gasteiger partial charge in [0.15, 0.2) is 11.5 Å². The van der Waals surface area contributed by atoms with E-state index < -0.39 is 0 Å². The van der Waals surface area contributed by atoms with Crippen LogP contribution in [0.25, 0.3) is 22.4 Å². The van der Waals surface area contributed by atoms with Gasteiger partial charge in [-0.25, -0.2) is 14.6 Å². The van der Waals surface area contributed by atoms with Gasteiger partial charge < -0.3 is 9.80 Å². The van der Waals surface area contributed by atoms with Crippen LogP contribution in [0.2, 0.25) is 5.02 Å². The van der Waals surface area contributed by atoms with Gasteiger partial charge in [-0.2, -0.15) is 5.10 Å². The number of rotatable bonds is 2. The Kier molecular flexibility index (Phi) is 4.09. The van der Waals surface area contributed by atoms with Gasteiger partial charge in [0.1, 0.15) is 11.2 Å². The lowest BCUT2D eigenvalue weighted by atomic mass is 10.1. The van der Waals surface area contributed by atoms with E-state index in [1.807, 2.05) is 42.9 Å². The molecule has 130 valence electrons. The molecule has 1 aliphatic heterocycles. The third-order valence-corrected chi connectivity index (χ3v) is 4.98. The predicted molar refractivity (Wildman–Crippen MR) is 101 cm³/mol. The van der Waals surface area contributed by atoms with Crippen molar-refractivity contribution in [2.24, 2.45) is 7.05 Å². The number of benzene rings is 1. The van der Waals surface area contributed by atoms with Crippen molar-refractivity contribution in [3.8, 4) is 11.3 Å². The predicted octanol–water partition coefficient (Wildman–Crippen LogP) is 2.74. The Bertz CT molecular complexity index is 909. The second-order valence-corrected chi connectivity index (χ2v) is 7.01. The van der Waals surface area contributed by atoms with E-state index in [4.69, 9.17) is 21.6 Å². The number of aromatic nitrogens is 4. The van der Waals surface area contributed by atoms with Crippen LogP contribution in [0.15, 0.2) is 24.3 Å². The molecular weight excluding hydrogens is 336 g/mol. The zero-order chi connectivity index (χ0) is 17.6. The van der Waals surface area contributed by atoms with E-state index in [0.29, 0.717) is 0 Å². The number of piperazine rings is 1. The molecule has 3 heterocycles. The number of nitrogens with zero attached hydrogens (tertiary/aromatic N) is 6. The van der Waals surface area contributed by atoms with E-state index >= 15 is 0 Å². The maximum atomic E-state index is 6.06.